The van der Waals surface area contributed by atoms with Crippen molar-refractivity contribution in [1.29, 1.82) is 0 Å². The highest BCUT2D eigenvalue weighted by molar-refractivity contribution is 5.93. The summed E-state index contributed by atoms with van der Waals surface area (Å²) in [6.45, 7) is 5.36. The molecule has 0 saturated carbocycles. The number of para-hydroxylation sites is 1. The van der Waals surface area contributed by atoms with Crippen molar-refractivity contribution >= 4 is 17.4 Å². The highest BCUT2D eigenvalue weighted by atomic mass is 16.5. The molecule has 1 aromatic heterocycles. The van der Waals surface area contributed by atoms with Gasteiger partial charge in [0.15, 0.2) is 0 Å². The van der Waals surface area contributed by atoms with E-state index in [1.807, 2.05) is 32.0 Å². The number of ether oxygens (including phenoxy) is 1. The summed E-state index contributed by atoms with van der Waals surface area (Å²) in [5.74, 6) is 0.391. The van der Waals surface area contributed by atoms with E-state index in [0.29, 0.717) is 18.1 Å². The topological polar surface area (TPSA) is 76.1 Å². The minimum absolute atomic E-state index is 0.114. The molecule has 2 aromatic rings. The lowest BCUT2D eigenvalue weighted by molar-refractivity contribution is 0.0853. The van der Waals surface area contributed by atoms with Gasteiger partial charge in [0.05, 0.1) is 6.10 Å². The average Bonchev–Trinajstić information content (AvgIpc) is 3.10. The Morgan fingerprint density at radius 1 is 1.29 bits per heavy atom. The lowest BCUT2D eigenvalue weighted by Gasteiger charge is -2.13. The number of carbonyl (C=O) groups excluding carboxylic acids is 1. The summed E-state index contributed by atoms with van der Waals surface area (Å²) in [6, 6.07) is 7.74. The molecule has 126 valence electrons. The lowest BCUT2D eigenvalue weighted by atomic mass is 10.1. The van der Waals surface area contributed by atoms with Gasteiger partial charge in [-0.1, -0.05) is 18.2 Å². The van der Waals surface area contributed by atoms with Crippen molar-refractivity contribution in [3.63, 3.8) is 0 Å². The number of benzene rings is 1. The highest BCUT2D eigenvalue weighted by Gasteiger charge is 2.17. The molecule has 1 saturated heterocycles. The van der Waals surface area contributed by atoms with Crippen LogP contribution in [0.15, 0.2) is 30.6 Å². The van der Waals surface area contributed by atoms with E-state index in [1.54, 1.807) is 6.07 Å². The third-order valence-corrected chi connectivity index (χ3v) is 4.15. The van der Waals surface area contributed by atoms with Gasteiger partial charge in [-0.25, -0.2) is 9.97 Å². The Morgan fingerprint density at radius 2 is 2.08 bits per heavy atom. The van der Waals surface area contributed by atoms with Crippen molar-refractivity contribution in [3.05, 3.63) is 47.4 Å². The van der Waals surface area contributed by atoms with Crippen LogP contribution in [-0.2, 0) is 4.74 Å². The molecule has 6 heteroatoms. The van der Waals surface area contributed by atoms with Gasteiger partial charge in [-0.2, -0.15) is 0 Å². The van der Waals surface area contributed by atoms with Crippen molar-refractivity contribution in [2.45, 2.75) is 32.8 Å². The van der Waals surface area contributed by atoms with Gasteiger partial charge in [-0.3, -0.25) is 4.79 Å². The van der Waals surface area contributed by atoms with Crippen molar-refractivity contribution in [1.82, 2.24) is 15.3 Å². The highest BCUT2D eigenvalue weighted by Crippen LogP contribution is 2.23. The maximum atomic E-state index is 12.3. The summed E-state index contributed by atoms with van der Waals surface area (Å²) in [5.41, 5.74) is 3.59. The minimum atomic E-state index is -0.211. The number of carbonyl (C=O) groups is 1. The molecule has 1 unspecified atom stereocenters. The molecule has 2 heterocycles. The number of aryl methyl sites for hydroxylation is 2. The molecule has 6 nitrogen and oxygen atoms in total. The first-order chi connectivity index (χ1) is 11.6. The predicted molar refractivity (Wildman–Crippen MR) is 92.5 cm³/mol. The van der Waals surface area contributed by atoms with E-state index in [0.717, 1.165) is 36.3 Å². The molecule has 2 N–H and O–H groups in total. The Balaban J connectivity index is 1.68. The zero-order chi connectivity index (χ0) is 16.9. The van der Waals surface area contributed by atoms with Gasteiger partial charge in [0.25, 0.3) is 5.91 Å². The number of nitrogens with one attached hydrogen (secondary N) is 2. The second-order valence-corrected chi connectivity index (χ2v) is 6.03. The van der Waals surface area contributed by atoms with Crippen LogP contribution in [0.3, 0.4) is 0 Å². The standard InChI is InChI=1S/C18H22N4O2/c1-12-5-3-6-13(2)17(12)22-16-9-15(20-11-21-16)18(23)19-10-14-7-4-8-24-14/h3,5-6,9,11,14H,4,7-8,10H2,1-2H3,(H,19,23)(H,20,21,22). The van der Waals surface area contributed by atoms with Gasteiger partial charge >= 0.3 is 0 Å². The number of rotatable bonds is 5. The molecule has 1 atom stereocenters. The first-order valence-electron chi connectivity index (χ1n) is 8.18. The first-order valence-corrected chi connectivity index (χ1v) is 8.18. The van der Waals surface area contributed by atoms with Crippen molar-refractivity contribution in [2.75, 3.05) is 18.5 Å². The molecule has 0 spiro atoms. The zero-order valence-corrected chi connectivity index (χ0v) is 14.0. The van der Waals surface area contributed by atoms with E-state index < -0.39 is 0 Å². The molecule has 1 fully saturated rings. The summed E-state index contributed by atoms with van der Waals surface area (Å²) in [7, 11) is 0. The molecular formula is C18H22N4O2. The molecule has 0 radical (unpaired) electrons. The maximum absolute atomic E-state index is 12.3. The molecular weight excluding hydrogens is 304 g/mol. The van der Waals surface area contributed by atoms with Crippen LogP contribution in [0.4, 0.5) is 11.5 Å². The number of hydrogen-bond donors (Lipinski definition) is 2. The molecule has 1 amide bonds. The summed E-state index contributed by atoms with van der Waals surface area (Å²) in [6.07, 6.45) is 3.56. The smallest absolute Gasteiger partial charge is 0.270 e. The van der Waals surface area contributed by atoms with E-state index in [1.165, 1.54) is 6.33 Å². The van der Waals surface area contributed by atoms with Crippen LogP contribution in [-0.4, -0.2) is 35.1 Å². The fourth-order valence-corrected chi connectivity index (χ4v) is 2.79. The minimum Gasteiger partial charge on any atom is -0.376 e. The van der Waals surface area contributed by atoms with Crippen LogP contribution in [0.2, 0.25) is 0 Å². The van der Waals surface area contributed by atoms with Crippen LogP contribution in [0.5, 0.6) is 0 Å². The van der Waals surface area contributed by atoms with E-state index in [4.69, 9.17) is 4.74 Å². The molecule has 24 heavy (non-hydrogen) atoms. The number of aromatic nitrogens is 2. The predicted octanol–water partition coefficient (Wildman–Crippen LogP) is 2.75. The summed E-state index contributed by atoms with van der Waals surface area (Å²) in [5, 5.41) is 6.15. The SMILES string of the molecule is Cc1cccc(C)c1Nc1cc(C(=O)NCC2CCCO2)ncn1. The van der Waals surface area contributed by atoms with Crippen LogP contribution in [0, 0.1) is 13.8 Å². The fraction of sp³-hybridized carbons (Fsp3) is 0.389. The quantitative estimate of drug-likeness (QED) is 0.883. The fourth-order valence-electron chi connectivity index (χ4n) is 2.79. The Hall–Kier alpha value is -2.47. The monoisotopic (exact) mass is 326 g/mol. The molecule has 1 aliphatic heterocycles. The Bertz CT molecular complexity index is 706. The molecule has 0 bridgehead atoms. The van der Waals surface area contributed by atoms with Gasteiger partial charge in [0, 0.05) is 24.9 Å². The second kappa shape index (κ2) is 7.40. The van der Waals surface area contributed by atoms with Crippen LogP contribution >= 0.6 is 0 Å². The number of nitrogens with zero attached hydrogens (tertiary/aromatic N) is 2. The Kier molecular flexibility index (Phi) is 5.05. The Morgan fingerprint density at radius 3 is 2.79 bits per heavy atom. The van der Waals surface area contributed by atoms with E-state index in [2.05, 4.69) is 20.6 Å². The van der Waals surface area contributed by atoms with Gasteiger partial charge in [0.1, 0.15) is 17.8 Å². The third kappa shape index (κ3) is 3.89. The molecule has 1 aromatic carbocycles. The van der Waals surface area contributed by atoms with Gasteiger partial charge < -0.3 is 15.4 Å². The molecule has 3 rings (SSSR count). The third-order valence-electron chi connectivity index (χ3n) is 4.15. The van der Waals surface area contributed by atoms with Crippen LogP contribution < -0.4 is 10.6 Å². The van der Waals surface area contributed by atoms with Gasteiger partial charge in [0.2, 0.25) is 0 Å². The van der Waals surface area contributed by atoms with E-state index in [-0.39, 0.29) is 12.0 Å². The van der Waals surface area contributed by atoms with Gasteiger partial charge in [-0.05, 0) is 37.8 Å². The zero-order valence-electron chi connectivity index (χ0n) is 14.0. The lowest BCUT2D eigenvalue weighted by Crippen LogP contribution is -2.32. The van der Waals surface area contributed by atoms with Crippen LogP contribution in [0.25, 0.3) is 0 Å². The Labute approximate surface area is 141 Å². The van der Waals surface area contributed by atoms with E-state index >= 15 is 0 Å². The average molecular weight is 326 g/mol. The summed E-state index contributed by atoms with van der Waals surface area (Å²) < 4.78 is 5.51. The first kappa shape index (κ1) is 16.4. The van der Waals surface area contributed by atoms with Crippen molar-refractivity contribution in [2.24, 2.45) is 0 Å². The number of hydrogen-bond acceptors (Lipinski definition) is 5. The normalized spacial score (nSPS) is 16.8. The van der Waals surface area contributed by atoms with Crippen molar-refractivity contribution in [3.8, 4) is 0 Å². The molecule has 1 aliphatic rings. The van der Waals surface area contributed by atoms with Crippen LogP contribution in [0.1, 0.15) is 34.5 Å². The van der Waals surface area contributed by atoms with Gasteiger partial charge in [-0.15, -0.1) is 0 Å². The summed E-state index contributed by atoms with van der Waals surface area (Å²) in [4.78, 5) is 20.5. The molecule has 0 aliphatic carbocycles. The maximum Gasteiger partial charge on any atom is 0.270 e. The number of amides is 1. The number of anilines is 2. The van der Waals surface area contributed by atoms with E-state index in [9.17, 15) is 4.79 Å². The second-order valence-electron chi connectivity index (χ2n) is 6.03. The van der Waals surface area contributed by atoms with Crippen molar-refractivity contribution < 1.29 is 9.53 Å². The summed E-state index contributed by atoms with van der Waals surface area (Å²) >= 11 is 0. The largest absolute Gasteiger partial charge is 0.376 e.